The average Bonchev–Trinajstić information content (AvgIpc) is 3.42. The van der Waals surface area contributed by atoms with Crippen LogP contribution >= 0.6 is 0 Å². The molecule has 0 aliphatic rings. The summed E-state index contributed by atoms with van der Waals surface area (Å²) in [7, 11) is 0. The molecule has 0 saturated heterocycles. The lowest BCUT2D eigenvalue weighted by molar-refractivity contribution is -0.167. The summed E-state index contributed by atoms with van der Waals surface area (Å²) in [4.78, 5) is 38.1. The van der Waals surface area contributed by atoms with Gasteiger partial charge in [-0.3, -0.25) is 14.4 Å². The van der Waals surface area contributed by atoms with Crippen LogP contribution in [0.3, 0.4) is 0 Å². The SMILES string of the molecule is CCCCCCCCCC/C=C\CCCCCCCCCCCCCCCCCCCCCCCCCC(=O)OCC(COC(=O)CCCCCCCCC)OC(=O)CCCCCCCCCCCCCCCCCC. The molecule has 0 aliphatic carbocycles. The van der Waals surface area contributed by atoms with Crippen molar-refractivity contribution >= 4 is 17.9 Å². The van der Waals surface area contributed by atoms with Gasteiger partial charge in [0, 0.05) is 19.3 Å². The number of hydrogen-bond acceptors (Lipinski definition) is 6. The van der Waals surface area contributed by atoms with E-state index in [4.69, 9.17) is 14.2 Å². The predicted octanol–water partition coefficient (Wildman–Crippen LogP) is 23.6. The minimum Gasteiger partial charge on any atom is -0.462 e. The lowest BCUT2D eigenvalue weighted by Crippen LogP contribution is -2.30. The molecule has 6 heteroatoms. The summed E-state index contributed by atoms with van der Waals surface area (Å²) in [5, 5.41) is 0. The zero-order chi connectivity index (χ0) is 55.0. The highest BCUT2D eigenvalue weighted by molar-refractivity contribution is 5.71. The summed E-state index contributed by atoms with van der Waals surface area (Å²) in [6, 6.07) is 0. The molecule has 76 heavy (non-hydrogen) atoms. The molecule has 0 saturated carbocycles. The Labute approximate surface area is 475 Å². The molecular weight excluding hydrogens is 937 g/mol. The van der Waals surface area contributed by atoms with Crippen molar-refractivity contribution in [3.05, 3.63) is 12.2 Å². The molecular formula is C70H134O6. The molecule has 0 amide bonds. The van der Waals surface area contributed by atoms with Gasteiger partial charge >= 0.3 is 17.9 Å². The second kappa shape index (κ2) is 65.7. The van der Waals surface area contributed by atoms with Crippen LogP contribution in [0.1, 0.15) is 400 Å². The van der Waals surface area contributed by atoms with E-state index in [2.05, 4.69) is 32.9 Å². The summed E-state index contributed by atoms with van der Waals surface area (Å²) in [5.41, 5.74) is 0. The van der Waals surface area contributed by atoms with Crippen molar-refractivity contribution in [2.45, 2.75) is 406 Å². The molecule has 6 nitrogen and oxygen atoms in total. The predicted molar refractivity (Wildman–Crippen MR) is 330 cm³/mol. The Bertz CT molecular complexity index is 1180. The zero-order valence-electron chi connectivity index (χ0n) is 51.8. The van der Waals surface area contributed by atoms with Gasteiger partial charge in [0.15, 0.2) is 6.10 Å². The molecule has 1 atom stereocenters. The Morgan fingerprint density at radius 2 is 0.434 bits per heavy atom. The van der Waals surface area contributed by atoms with Crippen molar-refractivity contribution in [1.82, 2.24) is 0 Å². The van der Waals surface area contributed by atoms with E-state index in [0.29, 0.717) is 19.3 Å². The number of unbranched alkanes of at least 4 members (excludes halogenated alkanes) is 52. The largest absolute Gasteiger partial charge is 0.462 e. The first-order chi connectivity index (χ1) is 37.5. The van der Waals surface area contributed by atoms with Gasteiger partial charge in [0.25, 0.3) is 0 Å². The van der Waals surface area contributed by atoms with E-state index in [1.807, 2.05) is 0 Å². The fourth-order valence-corrected chi connectivity index (χ4v) is 10.8. The molecule has 0 bridgehead atoms. The molecule has 0 aromatic rings. The molecule has 0 heterocycles. The fraction of sp³-hybridized carbons (Fsp3) is 0.929. The zero-order valence-corrected chi connectivity index (χ0v) is 51.8. The minimum atomic E-state index is -0.762. The van der Waals surface area contributed by atoms with Gasteiger partial charge in [-0.2, -0.15) is 0 Å². The maximum Gasteiger partial charge on any atom is 0.306 e. The van der Waals surface area contributed by atoms with Gasteiger partial charge in [-0.05, 0) is 44.9 Å². The van der Waals surface area contributed by atoms with E-state index in [9.17, 15) is 14.4 Å². The maximum absolute atomic E-state index is 12.8. The van der Waals surface area contributed by atoms with E-state index >= 15 is 0 Å². The van der Waals surface area contributed by atoms with Gasteiger partial charge in [-0.1, -0.05) is 348 Å². The molecule has 0 fully saturated rings. The number of esters is 3. The number of allylic oxidation sites excluding steroid dienone is 2. The van der Waals surface area contributed by atoms with Crippen LogP contribution in [0.5, 0.6) is 0 Å². The van der Waals surface area contributed by atoms with Crippen LogP contribution in [0.15, 0.2) is 12.2 Å². The number of carbonyl (C=O) groups is 3. The molecule has 450 valence electrons. The van der Waals surface area contributed by atoms with Crippen LogP contribution in [0, 0.1) is 0 Å². The lowest BCUT2D eigenvalue weighted by atomic mass is 10.0. The van der Waals surface area contributed by atoms with Gasteiger partial charge in [-0.15, -0.1) is 0 Å². The van der Waals surface area contributed by atoms with Crippen LogP contribution < -0.4 is 0 Å². The highest BCUT2D eigenvalue weighted by Crippen LogP contribution is 2.19. The first-order valence-electron chi connectivity index (χ1n) is 34.7. The maximum atomic E-state index is 12.8. The first kappa shape index (κ1) is 74.2. The van der Waals surface area contributed by atoms with Crippen LogP contribution in [0.25, 0.3) is 0 Å². The van der Waals surface area contributed by atoms with Gasteiger partial charge < -0.3 is 14.2 Å². The number of hydrogen-bond donors (Lipinski definition) is 0. The third-order valence-electron chi connectivity index (χ3n) is 16.0. The number of carbonyl (C=O) groups excluding carboxylic acids is 3. The standard InChI is InChI=1S/C70H134O6/c1-4-7-10-13-16-18-20-22-24-26-27-28-29-30-31-32-33-34-35-36-37-38-39-40-41-42-43-44-46-47-49-51-54-57-60-63-69(72)75-66-67(65-74-68(71)62-59-56-53-15-12-9-6-3)76-70(73)64-61-58-55-52-50-48-45-25-23-21-19-17-14-11-8-5-2/h26-27,67H,4-25,28-66H2,1-3H3/b27-26-. The highest BCUT2D eigenvalue weighted by atomic mass is 16.6. The van der Waals surface area contributed by atoms with Crippen LogP contribution in [0.2, 0.25) is 0 Å². The van der Waals surface area contributed by atoms with E-state index in [0.717, 1.165) is 57.8 Å². The molecule has 0 radical (unpaired) electrons. The van der Waals surface area contributed by atoms with Gasteiger partial charge in [0.1, 0.15) is 13.2 Å². The second-order valence-electron chi connectivity index (χ2n) is 23.8. The Morgan fingerprint density at radius 1 is 0.250 bits per heavy atom. The Hall–Kier alpha value is -1.85. The Morgan fingerprint density at radius 3 is 0.658 bits per heavy atom. The highest BCUT2D eigenvalue weighted by Gasteiger charge is 2.19. The van der Waals surface area contributed by atoms with Crippen molar-refractivity contribution in [2.75, 3.05) is 13.2 Å². The first-order valence-corrected chi connectivity index (χ1v) is 34.7. The molecule has 0 aromatic heterocycles. The van der Waals surface area contributed by atoms with Gasteiger partial charge in [-0.25, -0.2) is 0 Å². The van der Waals surface area contributed by atoms with Crippen molar-refractivity contribution in [1.29, 1.82) is 0 Å². The Kier molecular flexibility index (Phi) is 64.1. The van der Waals surface area contributed by atoms with Gasteiger partial charge in [0.05, 0.1) is 0 Å². The van der Waals surface area contributed by atoms with Crippen LogP contribution in [-0.4, -0.2) is 37.2 Å². The molecule has 0 spiro atoms. The summed E-state index contributed by atoms with van der Waals surface area (Å²) in [5.74, 6) is -0.840. The van der Waals surface area contributed by atoms with Crippen LogP contribution in [0.4, 0.5) is 0 Å². The van der Waals surface area contributed by atoms with E-state index < -0.39 is 6.10 Å². The lowest BCUT2D eigenvalue weighted by Gasteiger charge is -2.18. The van der Waals surface area contributed by atoms with Crippen molar-refractivity contribution < 1.29 is 28.6 Å². The smallest absolute Gasteiger partial charge is 0.306 e. The number of ether oxygens (including phenoxy) is 3. The second-order valence-corrected chi connectivity index (χ2v) is 23.8. The van der Waals surface area contributed by atoms with Crippen molar-refractivity contribution in [3.63, 3.8) is 0 Å². The summed E-state index contributed by atoms with van der Waals surface area (Å²) in [6.45, 7) is 6.67. The van der Waals surface area contributed by atoms with Crippen molar-refractivity contribution in [3.8, 4) is 0 Å². The summed E-state index contributed by atoms with van der Waals surface area (Å²) >= 11 is 0. The van der Waals surface area contributed by atoms with E-state index in [1.54, 1.807) is 0 Å². The molecule has 0 N–H and O–H groups in total. The normalized spacial score (nSPS) is 12.0. The molecule has 1 unspecified atom stereocenters. The van der Waals surface area contributed by atoms with E-state index in [1.165, 1.54) is 302 Å². The molecule has 0 rings (SSSR count). The quantitative estimate of drug-likeness (QED) is 0.0261. The molecule has 0 aliphatic heterocycles. The Balaban J connectivity index is 3.89. The van der Waals surface area contributed by atoms with E-state index in [-0.39, 0.29) is 31.1 Å². The monoisotopic (exact) mass is 1070 g/mol. The minimum absolute atomic E-state index is 0.0627. The topological polar surface area (TPSA) is 78.9 Å². The summed E-state index contributed by atoms with van der Waals surface area (Å²) in [6.07, 6.45) is 78.6. The number of rotatable bonds is 65. The van der Waals surface area contributed by atoms with Crippen molar-refractivity contribution in [2.24, 2.45) is 0 Å². The van der Waals surface area contributed by atoms with Crippen LogP contribution in [-0.2, 0) is 28.6 Å². The average molecular weight is 1070 g/mol. The third-order valence-corrected chi connectivity index (χ3v) is 16.0. The van der Waals surface area contributed by atoms with Gasteiger partial charge in [0.2, 0.25) is 0 Å². The fourth-order valence-electron chi connectivity index (χ4n) is 10.8. The summed E-state index contributed by atoms with van der Waals surface area (Å²) < 4.78 is 16.9. The third kappa shape index (κ3) is 63.0. The molecule has 0 aromatic carbocycles.